The molecule has 0 amide bonds. The third-order valence-electron chi connectivity index (χ3n) is 8.35. The molecular weight excluding hydrogens is 488 g/mol. The van der Waals surface area contributed by atoms with E-state index in [1.54, 1.807) is 6.49 Å². The van der Waals surface area contributed by atoms with Crippen LogP contribution in [0, 0.1) is 0 Å². The molecule has 2 aliphatic carbocycles. The van der Waals surface area contributed by atoms with Crippen LogP contribution < -0.4 is 0 Å². The van der Waals surface area contributed by atoms with E-state index in [4.69, 9.17) is 0 Å². The summed E-state index contributed by atoms with van der Waals surface area (Å²) in [5.41, 5.74) is 8.60. The molecule has 1 heteroatoms. The molecule has 0 fully saturated rings. The van der Waals surface area contributed by atoms with Crippen molar-refractivity contribution < 1.29 is 18.3 Å². The average Bonchev–Trinajstić information content (AvgIpc) is 3.54. The summed E-state index contributed by atoms with van der Waals surface area (Å²) in [6.07, 6.45) is 8.16. The van der Waals surface area contributed by atoms with Gasteiger partial charge in [-0.05, 0) is 0 Å². The molecule has 0 heterocycles. The molecule has 0 radical (unpaired) electrons. The second-order valence-corrected chi connectivity index (χ2v) is 27.0. The second-order valence-electron chi connectivity index (χ2n) is 10.5. The number of hydrogen-bond acceptors (Lipinski definition) is 0. The zero-order valence-electron chi connectivity index (χ0n) is 19.9. The number of allylic oxidation sites excluding steroid dienone is 4. The Bertz CT molecular complexity index is 1420. The van der Waals surface area contributed by atoms with Crippen LogP contribution in [0.5, 0.6) is 0 Å². The van der Waals surface area contributed by atoms with Gasteiger partial charge < -0.3 is 0 Å². The fourth-order valence-electron chi connectivity index (χ4n) is 6.86. The van der Waals surface area contributed by atoms with E-state index in [0.717, 1.165) is 6.42 Å². The van der Waals surface area contributed by atoms with E-state index in [0.29, 0.717) is 3.63 Å². The monoisotopic (exact) mass is 516 g/mol. The number of benzene rings is 4. The van der Waals surface area contributed by atoms with Gasteiger partial charge in [-0.3, -0.25) is 0 Å². The van der Waals surface area contributed by atoms with Crippen molar-refractivity contribution in [2.75, 3.05) is 0 Å². The Hall–Kier alpha value is -2.89. The number of hydrogen-bond donors (Lipinski definition) is 0. The van der Waals surface area contributed by atoms with Crippen LogP contribution in [0.25, 0.3) is 11.1 Å². The van der Waals surface area contributed by atoms with E-state index in [1.165, 1.54) is 33.4 Å². The van der Waals surface area contributed by atoms with Gasteiger partial charge in [-0.25, -0.2) is 0 Å². The van der Waals surface area contributed by atoms with Gasteiger partial charge in [-0.15, -0.1) is 0 Å². The standard InChI is InChI=1S/C13H9.C13H10.C5H5.2CH3.Zr/c1-3-7-12-10(5-1)9-11-6-2-4-8-13(11)12;1-3-7-12(8-4-1)11-13-9-5-2-6-10-13;1-2-4-5-3-1;;;/h1-9H;1-10H;1-3H,4H2;2*1H3;. The van der Waals surface area contributed by atoms with E-state index in [1.807, 2.05) is 0 Å². The Kier molecular flexibility index (Phi) is 5.16. The van der Waals surface area contributed by atoms with Crippen LogP contribution in [-0.2, 0) is 18.3 Å². The first-order valence-corrected chi connectivity index (χ1v) is 21.1. The Morgan fingerprint density at radius 1 is 0.618 bits per heavy atom. The molecule has 0 atom stereocenters. The van der Waals surface area contributed by atoms with Gasteiger partial charge >= 0.3 is 205 Å². The number of fused-ring (bicyclic) bond motifs is 3. The number of rotatable bonds is 4. The van der Waals surface area contributed by atoms with Crippen molar-refractivity contribution in [2.24, 2.45) is 0 Å². The molecule has 6 rings (SSSR count). The Balaban J connectivity index is 1.84. The van der Waals surface area contributed by atoms with Crippen LogP contribution in [0.3, 0.4) is 0 Å². The van der Waals surface area contributed by atoms with Crippen molar-refractivity contribution >= 4 is 3.21 Å². The molecule has 4 aromatic carbocycles. The van der Waals surface area contributed by atoms with Crippen molar-refractivity contribution in [1.82, 2.24) is 0 Å². The molecule has 166 valence electrons. The van der Waals surface area contributed by atoms with E-state index in [2.05, 4.69) is 137 Å². The fraction of sp³-hybridized carbons (Fsp3) is 0.121. The fourth-order valence-corrected chi connectivity index (χ4v) is 23.6. The quantitative estimate of drug-likeness (QED) is 0.254. The molecule has 0 saturated heterocycles. The van der Waals surface area contributed by atoms with E-state index < -0.39 is 18.3 Å². The first kappa shape index (κ1) is 21.6. The first-order valence-electron chi connectivity index (χ1n) is 12.3. The molecule has 0 nitrogen and oxygen atoms in total. The Morgan fingerprint density at radius 2 is 1.09 bits per heavy atom. The maximum atomic E-state index is 2.71. The van der Waals surface area contributed by atoms with Crippen molar-refractivity contribution in [3.63, 3.8) is 0 Å². The Morgan fingerprint density at radius 3 is 1.56 bits per heavy atom. The SMILES string of the molecule is [CH3][Zr]([CH3])([C]1=CC=CC1)(=[C](c1ccccc1)c1ccccc1)[CH]1c2ccccc2-c2ccccc21. The van der Waals surface area contributed by atoms with Gasteiger partial charge in [0.25, 0.3) is 0 Å². The van der Waals surface area contributed by atoms with Gasteiger partial charge in [0.15, 0.2) is 0 Å². The van der Waals surface area contributed by atoms with E-state index >= 15 is 0 Å². The molecule has 0 saturated carbocycles. The summed E-state index contributed by atoms with van der Waals surface area (Å²) in [4.78, 5) is 0. The molecule has 0 N–H and O–H groups in total. The summed E-state index contributed by atoms with van der Waals surface area (Å²) >= 11 is -4.06. The summed E-state index contributed by atoms with van der Waals surface area (Å²) in [5.74, 6) is 0. The maximum absolute atomic E-state index is 4.06. The van der Waals surface area contributed by atoms with E-state index in [-0.39, 0.29) is 0 Å². The molecular formula is C33H30Zr. The van der Waals surface area contributed by atoms with Crippen LogP contribution in [0.15, 0.2) is 131 Å². The van der Waals surface area contributed by atoms with Crippen molar-refractivity contribution in [3.8, 4) is 11.1 Å². The molecule has 0 aliphatic heterocycles. The van der Waals surface area contributed by atoms with Crippen LogP contribution in [0.2, 0.25) is 9.26 Å². The minimum absolute atomic E-state index is 0.399. The van der Waals surface area contributed by atoms with Gasteiger partial charge in [-0.2, -0.15) is 0 Å². The predicted octanol–water partition coefficient (Wildman–Crippen LogP) is 8.66. The zero-order valence-corrected chi connectivity index (χ0v) is 22.4. The topological polar surface area (TPSA) is 0 Å². The molecule has 2 aliphatic rings. The Labute approximate surface area is 203 Å². The van der Waals surface area contributed by atoms with Crippen molar-refractivity contribution in [3.05, 3.63) is 153 Å². The molecule has 4 aromatic rings. The van der Waals surface area contributed by atoms with Crippen LogP contribution in [0.4, 0.5) is 0 Å². The molecule has 0 aromatic heterocycles. The van der Waals surface area contributed by atoms with Crippen LogP contribution in [0.1, 0.15) is 32.3 Å². The molecule has 0 unspecified atom stereocenters. The molecule has 34 heavy (non-hydrogen) atoms. The second kappa shape index (κ2) is 8.11. The van der Waals surface area contributed by atoms with Crippen molar-refractivity contribution in [2.45, 2.75) is 19.3 Å². The average molecular weight is 518 g/mol. The summed E-state index contributed by atoms with van der Waals surface area (Å²) < 4.78 is 9.07. The third-order valence-corrected chi connectivity index (χ3v) is 25.1. The van der Waals surface area contributed by atoms with E-state index in [9.17, 15) is 0 Å². The van der Waals surface area contributed by atoms with Gasteiger partial charge in [0, 0.05) is 0 Å². The third kappa shape index (κ3) is 3.10. The van der Waals surface area contributed by atoms with Gasteiger partial charge in [0.2, 0.25) is 0 Å². The summed E-state index contributed by atoms with van der Waals surface area (Å²) in [7, 11) is 0. The van der Waals surface area contributed by atoms with Gasteiger partial charge in [0.05, 0.1) is 0 Å². The summed E-state index contributed by atoms with van der Waals surface area (Å²) in [6, 6.07) is 40.7. The molecule has 0 spiro atoms. The van der Waals surface area contributed by atoms with Gasteiger partial charge in [0.1, 0.15) is 0 Å². The summed E-state index contributed by atoms with van der Waals surface area (Å²) in [5, 5.41) is 0. The minimum atomic E-state index is -4.06. The first-order chi connectivity index (χ1) is 16.6. The van der Waals surface area contributed by atoms with Crippen LogP contribution in [-0.4, -0.2) is 3.21 Å². The predicted molar refractivity (Wildman–Crippen MR) is 143 cm³/mol. The summed E-state index contributed by atoms with van der Waals surface area (Å²) in [6.45, 7) is 0. The zero-order chi connectivity index (χ0) is 23.2. The normalized spacial score (nSPS) is 15.1. The van der Waals surface area contributed by atoms with Crippen LogP contribution >= 0.6 is 0 Å². The van der Waals surface area contributed by atoms with Gasteiger partial charge in [-0.1, -0.05) is 0 Å². The van der Waals surface area contributed by atoms with Crippen molar-refractivity contribution in [1.29, 1.82) is 0 Å². The molecule has 0 bridgehead atoms.